The molecule has 0 spiro atoms. The molecule has 3 heterocycles. The second kappa shape index (κ2) is 8.22. The first-order valence-electron chi connectivity index (χ1n) is 9.60. The average Bonchev–Trinajstić information content (AvgIpc) is 3.03. The Bertz CT molecular complexity index is 1020. The standard InChI is InChI=1S/C21H23N5O3/c27-20(26-16(12-25-21(28)29)8-13-4-2-1-3-5-13)15-9-14-10-24-19-18(14)17(23-11-15)6-7-22-19/h1-7,10,15-16,23,25H,8-9,11-12H2,(H,22,24)(H,26,27)(H,28,29)/t15?,16-/m0/s1. The number of rotatable bonds is 6. The van der Waals surface area contributed by atoms with Crippen LogP contribution in [0, 0.1) is 5.92 Å². The van der Waals surface area contributed by atoms with Gasteiger partial charge in [-0.1, -0.05) is 30.3 Å². The van der Waals surface area contributed by atoms with Crippen molar-refractivity contribution in [3.63, 3.8) is 0 Å². The van der Waals surface area contributed by atoms with Gasteiger partial charge in [0.25, 0.3) is 0 Å². The van der Waals surface area contributed by atoms with Crippen LogP contribution in [0.1, 0.15) is 11.1 Å². The fourth-order valence-electron chi connectivity index (χ4n) is 3.79. The quantitative estimate of drug-likeness (QED) is 0.440. The van der Waals surface area contributed by atoms with Gasteiger partial charge in [0, 0.05) is 36.6 Å². The number of H-pyrrole nitrogens is 1. The number of hydrogen-bond donors (Lipinski definition) is 5. The highest BCUT2D eigenvalue weighted by atomic mass is 16.4. The Morgan fingerprint density at radius 2 is 2.07 bits per heavy atom. The van der Waals surface area contributed by atoms with E-state index in [0.717, 1.165) is 27.8 Å². The van der Waals surface area contributed by atoms with Crippen LogP contribution >= 0.6 is 0 Å². The molecule has 0 saturated carbocycles. The van der Waals surface area contributed by atoms with E-state index < -0.39 is 6.09 Å². The number of aromatic nitrogens is 2. The molecule has 1 unspecified atom stereocenters. The summed E-state index contributed by atoms with van der Waals surface area (Å²) in [5, 5.41) is 18.8. The van der Waals surface area contributed by atoms with E-state index in [1.54, 1.807) is 6.20 Å². The summed E-state index contributed by atoms with van der Waals surface area (Å²) in [6.07, 6.45) is 3.67. The second-order valence-corrected chi connectivity index (χ2v) is 7.26. The summed E-state index contributed by atoms with van der Waals surface area (Å²) in [7, 11) is 0. The molecule has 8 nitrogen and oxygen atoms in total. The predicted octanol–water partition coefficient (Wildman–Crippen LogP) is 2.14. The van der Waals surface area contributed by atoms with E-state index in [4.69, 9.17) is 5.11 Å². The number of nitrogens with zero attached hydrogens (tertiary/aromatic N) is 1. The zero-order valence-electron chi connectivity index (χ0n) is 15.8. The number of carboxylic acid groups (broad SMARTS) is 1. The van der Waals surface area contributed by atoms with Crippen LogP contribution in [0.2, 0.25) is 0 Å². The lowest BCUT2D eigenvalue weighted by molar-refractivity contribution is -0.125. The summed E-state index contributed by atoms with van der Waals surface area (Å²) in [4.78, 5) is 31.5. The molecule has 0 fully saturated rings. The van der Waals surface area contributed by atoms with Crippen molar-refractivity contribution in [2.24, 2.45) is 5.92 Å². The summed E-state index contributed by atoms with van der Waals surface area (Å²) in [5.74, 6) is -0.370. The van der Waals surface area contributed by atoms with E-state index in [9.17, 15) is 9.59 Å². The number of pyridine rings is 1. The third-order valence-electron chi connectivity index (χ3n) is 5.20. The Balaban J connectivity index is 1.47. The van der Waals surface area contributed by atoms with E-state index in [1.165, 1.54) is 0 Å². The van der Waals surface area contributed by atoms with Crippen molar-refractivity contribution in [2.45, 2.75) is 18.9 Å². The normalized spacial score (nSPS) is 16.5. The number of aromatic amines is 1. The minimum absolute atomic E-state index is 0.0965. The number of carbonyl (C=O) groups excluding carboxylic acids is 1. The molecule has 1 aliphatic heterocycles. The van der Waals surface area contributed by atoms with Crippen LogP contribution in [0.3, 0.4) is 0 Å². The molecular formula is C21H23N5O3. The fourth-order valence-corrected chi connectivity index (χ4v) is 3.79. The van der Waals surface area contributed by atoms with Gasteiger partial charge in [-0.3, -0.25) is 4.79 Å². The van der Waals surface area contributed by atoms with Crippen LogP contribution in [-0.2, 0) is 17.6 Å². The molecule has 1 aromatic carbocycles. The molecule has 0 bridgehead atoms. The lowest BCUT2D eigenvalue weighted by Crippen LogP contribution is -2.48. The van der Waals surface area contributed by atoms with E-state index in [0.29, 0.717) is 19.4 Å². The molecule has 2 atom stereocenters. The summed E-state index contributed by atoms with van der Waals surface area (Å²) >= 11 is 0. The molecule has 8 heteroatoms. The molecule has 4 rings (SSSR count). The third kappa shape index (κ3) is 4.31. The number of amides is 2. The first kappa shape index (κ1) is 18.8. The zero-order chi connectivity index (χ0) is 20.2. The van der Waals surface area contributed by atoms with Gasteiger partial charge in [-0.15, -0.1) is 0 Å². The van der Waals surface area contributed by atoms with Crippen molar-refractivity contribution in [3.05, 3.63) is 59.9 Å². The maximum absolute atomic E-state index is 13.0. The highest BCUT2D eigenvalue weighted by Crippen LogP contribution is 2.30. The molecule has 0 radical (unpaired) electrons. The number of anilines is 1. The van der Waals surface area contributed by atoms with Gasteiger partial charge in [0.1, 0.15) is 5.65 Å². The molecule has 3 aromatic rings. The summed E-state index contributed by atoms with van der Waals surface area (Å²) in [5.41, 5.74) is 3.86. The molecule has 2 aromatic heterocycles. The van der Waals surface area contributed by atoms with Gasteiger partial charge in [-0.25, -0.2) is 9.78 Å². The van der Waals surface area contributed by atoms with Crippen LogP contribution in [0.25, 0.3) is 11.0 Å². The predicted molar refractivity (Wildman–Crippen MR) is 110 cm³/mol. The van der Waals surface area contributed by atoms with Crippen molar-refractivity contribution in [3.8, 4) is 0 Å². The van der Waals surface area contributed by atoms with Crippen LogP contribution in [-0.4, -0.2) is 46.2 Å². The van der Waals surface area contributed by atoms with Gasteiger partial charge >= 0.3 is 6.09 Å². The van der Waals surface area contributed by atoms with E-state index in [-0.39, 0.29) is 24.4 Å². The Morgan fingerprint density at radius 1 is 1.24 bits per heavy atom. The molecule has 29 heavy (non-hydrogen) atoms. The molecule has 0 saturated heterocycles. The van der Waals surface area contributed by atoms with E-state index >= 15 is 0 Å². The second-order valence-electron chi connectivity index (χ2n) is 7.26. The minimum atomic E-state index is -1.11. The van der Waals surface area contributed by atoms with Gasteiger partial charge in [-0.05, 0) is 30.0 Å². The van der Waals surface area contributed by atoms with E-state index in [1.807, 2.05) is 42.6 Å². The van der Waals surface area contributed by atoms with Gasteiger partial charge in [0.15, 0.2) is 0 Å². The van der Waals surface area contributed by atoms with Crippen molar-refractivity contribution in [1.82, 2.24) is 20.6 Å². The Labute approximate surface area is 167 Å². The summed E-state index contributed by atoms with van der Waals surface area (Å²) in [6.45, 7) is 0.651. The van der Waals surface area contributed by atoms with Gasteiger partial charge in [0.05, 0.1) is 12.0 Å². The number of hydrogen-bond acceptors (Lipinski definition) is 4. The minimum Gasteiger partial charge on any atom is -0.465 e. The van der Waals surface area contributed by atoms with Crippen molar-refractivity contribution in [2.75, 3.05) is 18.4 Å². The summed E-state index contributed by atoms with van der Waals surface area (Å²) in [6, 6.07) is 11.3. The Kier molecular flexibility index (Phi) is 5.33. The molecule has 150 valence electrons. The van der Waals surface area contributed by atoms with Crippen molar-refractivity contribution < 1.29 is 14.7 Å². The first-order chi connectivity index (χ1) is 14.1. The van der Waals surface area contributed by atoms with Crippen LogP contribution < -0.4 is 16.0 Å². The SMILES string of the molecule is O=C(O)NC[C@H](Cc1ccccc1)NC(=O)C1CNc2ccnc3[nH]cc(c23)C1. The molecule has 0 aliphatic carbocycles. The zero-order valence-corrected chi connectivity index (χ0v) is 15.8. The Morgan fingerprint density at radius 3 is 2.86 bits per heavy atom. The lowest BCUT2D eigenvalue weighted by atomic mass is 9.98. The number of carbonyl (C=O) groups is 2. The topological polar surface area (TPSA) is 119 Å². The van der Waals surface area contributed by atoms with Crippen LogP contribution in [0.15, 0.2) is 48.8 Å². The number of benzene rings is 1. The van der Waals surface area contributed by atoms with Gasteiger partial charge in [-0.2, -0.15) is 0 Å². The maximum Gasteiger partial charge on any atom is 0.404 e. The molecule has 5 N–H and O–H groups in total. The van der Waals surface area contributed by atoms with Crippen molar-refractivity contribution >= 4 is 28.7 Å². The molecular weight excluding hydrogens is 370 g/mol. The van der Waals surface area contributed by atoms with Crippen LogP contribution in [0.4, 0.5) is 10.5 Å². The molecule has 1 aliphatic rings. The first-order valence-corrected chi connectivity index (χ1v) is 9.60. The highest BCUT2D eigenvalue weighted by molar-refractivity contribution is 5.94. The largest absolute Gasteiger partial charge is 0.465 e. The van der Waals surface area contributed by atoms with Gasteiger partial charge < -0.3 is 26.0 Å². The van der Waals surface area contributed by atoms with E-state index in [2.05, 4.69) is 25.9 Å². The third-order valence-corrected chi connectivity index (χ3v) is 5.20. The fraction of sp³-hybridized carbons (Fsp3) is 0.286. The van der Waals surface area contributed by atoms with Crippen molar-refractivity contribution in [1.29, 1.82) is 0 Å². The average molecular weight is 393 g/mol. The number of nitrogens with one attached hydrogen (secondary N) is 4. The summed E-state index contributed by atoms with van der Waals surface area (Å²) < 4.78 is 0. The lowest BCUT2D eigenvalue weighted by Gasteiger charge is -2.22. The van der Waals surface area contributed by atoms with Gasteiger partial charge in [0.2, 0.25) is 5.91 Å². The molecule has 2 amide bonds. The van der Waals surface area contributed by atoms with Crippen LogP contribution in [0.5, 0.6) is 0 Å². The Hall–Kier alpha value is -3.55. The maximum atomic E-state index is 13.0. The monoisotopic (exact) mass is 393 g/mol. The highest BCUT2D eigenvalue weighted by Gasteiger charge is 2.26. The smallest absolute Gasteiger partial charge is 0.404 e.